The molecule has 0 aliphatic carbocycles. The van der Waals surface area contributed by atoms with Crippen LogP contribution >= 0.6 is 12.4 Å². The lowest BCUT2D eigenvalue weighted by molar-refractivity contribution is -0.136. The summed E-state index contributed by atoms with van der Waals surface area (Å²) >= 11 is 0. The number of carbonyl (C=O) groups is 3. The highest BCUT2D eigenvalue weighted by Gasteiger charge is 2.27. The van der Waals surface area contributed by atoms with Crippen LogP contribution in [0.25, 0.3) is 0 Å². The number of nitrogens with two attached hydrogens (primary N) is 1. The molecule has 156 valence electrons. The molecular weight excluding hydrogens is 380 g/mol. The number of nitrogens with zero attached hydrogens (tertiary/aromatic N) is 1. The van der Waals surface area contributed by atoms with E-state index in [-0.39, 0.29) is 48.6 Å². The Bertz CT molecular complexity index is 654. The molecule has 0 aromatic heterocycles. The standard InChI is InChI=1S/C20H30N4O3.ClH/c1-14(2)18(21)20(27)23-13-17(25)24-11-7-6-10-16(24)12-22-19(26)15-8-4-3-5-9-15;/h3-5,8-9,14,16,18H,6-7,10-13,21H2,1-2H3,(H,22,26)(H,23,27);1H/t16?,18-;/m0./s1. The Labute approximate surface area is 172 Å². The Morgan fingerprint density at radius 2 is 1.82 bits per heavy atom. The number of halogens is 1. The van der Waals surface area contributed by atoms with Crippen molar-refractivity contribution in [3.63, 3.8) is 0 Å². The Morgan fingerprint density at radius 3 is 2.46 bits per heavy atom. The predicted octanol–water partition coefficient (Wildman–Crippen LogP) is 1.32. The van der Waals surface area contributed by atoms with E-state index in [9.17, 15) is 14.4 Å². The van der Waals surface area contributed by atoms with E-state index in [2.05, 4.69) is 10.6 Å². The Balaban J connectivity index is 0.00000392. The van der Waals surface area contributed by atoms with Gasteiger partial charge in [-0.3, -0.25) is 14.4 Å². The number of benzene rings is 1. The lowest BCUT2D eigenvalue weighted by atomic mass is 10.0. The number of rotatable bonds is 7. The van der Waals surface area contributed by atoms with Crippen molar-refractivity contribution in [1.29, 1.82) is 0 Å². The normalized spacial score (nSPS) is 17.4. The van der Waals surface area contributed by atoms with Crippen LogP contribution in [0.15, 0.2) is 30.3 Å². The highest BCUT2D eigenvalue weighted by Crippen LogP contribution is 2.16. The van der Waals surface area contributed by atoms with Crippen molar-refractivity contribution in [3.05, 3.63) is 35.9 Å². The minimum atomic E-state index is -0.625. The maximum absolute atomic E-state index is 12.6. The van der Waals surface area contributed by atoms with Gasteiger partial charge in [-0.2, -0.15) is 0 Å². The number of nitrogens with one attached hydrogen (secondary N) is 2. The van der Waals surface area contributed by atoms with Crippen LogP contribution in [0.4, 0.5) is 0 Å². The molecule has 1 aromatic rings. The molecule has 2 atom stereocenters. The molecule has 28 heavy (non-hydrogen) atoms. The van der Waals surface area contributed by atoms with Crippen LogP contribution in [0.5, 0.6) is 0 Å². The van der Waals surface area contributed by atoms with Gasteiger partial charge in [0.25, 0.3) is 5.91 Å². The number of piperidine rings is 1. The summed E-state index contributed by atoms with van der Waals surface area (Å²) in [5.41, 5.74) is 6.40. The Morgan fingerprint density at radius 1 is 1.14 bits per heavy atom. The van der Waals surface area contributed by atoms with E-state index in [1.807, 2.05) is 32.0 Å². The summed E-state index contributed by atoms with van der Waals surface area (Å²) in [6, 6.07) is 8.32. The average Bonchev–Trinajstić information content (AvgIpc) is 2.70. The molecule has 7 nitrogen and oxygen atoms in total. The average molecular weight is 411 g/mol. The Kier molecular flexibility index (Phi) is 9.96. The monoisotopic (exact) mass is 410 g/mol. The molecule has 0 saturated carbocycles. The maximum atomic E-state index is 12.6. The number of hydrogen-bond donors (Lipinski definition) is 3. The molecule has 1 aliphatic heterocycles. The minimum Gasteiger partial charge on any atom is -0.350 e. The predicted molar refractivity (Wildman–Crippen MR) is 111 cm³/mol. The Hall–Kier alpha value is -2.12. The highest BCUT2D eigenvalue weighted by molar-refractivity contribution is 5.94. The van der Waals surface area contributed by atoms with Crippen LogP contribution in [-0.4, -0.2) is 54.3 Å². The van der Waals surface area contributed by atoms with E-state index in [1.54, 1.807) is 17.0 Å². The number of amides is 3. The zero-order valence-corrected chi connectivity index (χ0v) is 17.3. The van der Waals surface area contributed by atoms with Gasteiger partial charge in [0.15, 0.2) is 0 Å². The first-order valence-corrected chi connectivity index (χ1v) is 9.56. The molecule has 2 rings (SSSR count). The van der Waals surface area contributed by atoms with Gasteiger partial charge in [0.2, 0.25) is 11.8 Å². The van der Waals surface area contributed by atoms with Crippen molar-refractivity contribution in [3.8, 4) is 0 Å². The molecule has 1 unspecified atom stereocenters. The van der Waals surface area contributed by atoms with Gasteiger partial charge >= 0.3 is 0 Å². The van der Waals surface area contributed by atoms with Crippen LogP contribution in [0.2, 0.25) is 0 Å². The first kappa shape index (κ1) is 23.9. The molecule has 3 amide bonds. The van der Waals surface area contributed by atoms with E-state index in [0.717, 1.165) is 19.3 Å². The summed E-state index contributed by atoms with van der Waals surface area (Å²) in [6.07, 6.45) is 2.77. The molecule has 1 fully saturated rings. The van der Waals surface area contributed by atoms with Crippen LogP contribution in [0, 0.1) is 5.92 Å². The van der Waals surface area contributed by atoms with Gasteiger partial charge in [0, 0.05) is 24.7 Å². The lowest BCUT2D eigenvalue weighted by Crippen LogP contribution is -2.53. The van der Waals surface area contributed by atoms with Gasteiger partial charge in [-0.15, -0.1) is 12.4 Å². The van der Waals surface area contributed by atoms with Gasteiger partial charge in [-0.25, -0.2) is 0 Å². The molecule has 4 N–H and O–H groups in total. The topological polar surface area (TPSA) is 105 Å². The van der Waals surface area contributed by atoms with Crippen LogP contribution in [-0.2, 0) is 9.59 Å². The molecular formula is C20H31ClN4O3. The first-order chi connectivity index (χ1) is 12.9. The lowest BCUT2D eigenvalue weighted by Gasteiger charge is -2.36. The second kappa shape index (κ2) is 11.7. The van der Waals surface area contributed by atoms with Crippen LogP contribution in [0.1, 0.15) is 43.5 Å². The SMILES string of the molecule is CC(C)[C@H](N)C(=O)NCC(=O)N1CCCCC1CNC(=O)c1ccccc1.Cl. The first-order valence-electron chi connectivity index (χ1n) is 9.56. The van der Waals surface area contributed by atoms with E-state index in [1.165, 1.54) is 0 Å². The van der Waals surface area contributed by atoms with Gasteiger partial charge in [0.05, 0.1) is 12.6 Å². The van der Waals surface area contributed by atoms with E-state index in [0.29, 0.717) is 18.7 Å². The van der Waals surface area contributed by atoms with Crippen LogP contribution in [0.3, 0.4) is 0 Å². The van der Waals surface area contributed by atoms with E-state index < -0.39 is 6.04 Å². The zero-order chi connectivity index (χ0) is 19.8. The fourth-order valence-corrected chi connectivity index (χ4v) is 3.13. The van der Waals surface area contributed by atoms with E-state index in [4.69, 9.17) is 5.73 Å². The minimum absolute atomic E-state index is 0. The fraction of sp³-hybridized carbons (Fsp3) is 0.550. The zero-order valence-electron chi connectivity index (χ0n) is 16.5. The van der Waals surface area contributed by atoms with Gasteiger partial charge in [0.1, 0.15) is 0 Å². The fourth-order valence-electron chi connectivity index (χ4n) is 3.13. The number of likely N-dealkylation sites (tertiary alicyclic amines) is 1. The number of hydrogen-bond acceptors (Lipinski definition) is 4. The molecule has 1 heterocycles. The van der Waals surface area contributed by atoms with Gasteiger partial charge in [-0.1, -0.05) is 32.0 Å². The second-order valence-corrected chi connectivity index (χ2v) is 7.30. The largest absolute Gasteiger partial charge is 0.350 e. The third-order valence-corrected chi connectivity index (χ3v) is 4.92. The summed E-state index contributed by atoms with van der Waals surface area (Å²) in [5.74, 6) is -0.594. The molecule has 1 aromatic carbocycles. The third kappa shape index (κ3) is 6.80. The quantitative estimate of drug-likeness (QED) is 0.630. The van der Waals surface area contributed by atoms with Crippen molar-refractivity contribution in [2.45, 2.75) is 45.2 Å². The van der Waals surface area contributed by atoms with Crippen molar-refractivity contribution < 1.29 is 14.4 Å². The molecule has 0 spiro atoms. The summed E-state index contributed by atoms with van der Waals surface area (Å²) in [5, 5.41) is 5.54. The summed E-state index contributed by atoms with van der Waals surface area (Å²) in [7, 11) is 0. The molecule has 1 saturated heterocycles. The van der Waals surface area contributed by atoms with Crippen molar-refractivity contribution in [2.75, 3.05) is 19.6 Å². The molecule has 1 aliphatic rings. The van der Waals surface area contributed by atoms with E-state index >= 15 is 0 Å². The summed E-state index contributed by atoms with van der Waals surface area (Å²) in [6.45, 7) is 4.70. The highest BCUT2D eigenvalue weighted by atomic mass is 35.5. The second-order valence-electron chi connectivity index (χ2n) is 7.30. The smallest absolute Gasteiger partial charge is 0.251 e. The third-order valence-electron chi connectivity index (χ3n) is 4.92. The molecule has 0 radical (unpaired) electrons. The van der Waals surface area contributed by atoms with Crippen molar-refractivity contribution >= 4 is 30.1 Å². The molecule has 0 bridgehead atoms. The van der Waals surface area contributed by atoms with Gasteiger partial charge in [-0.05, 0) is 37.3 Å². The van der Waals surface area contributed by atoms with Gasteiger partial charge < -0.3 is 21.3 Å². The van der Waals surface area contributed by atoms with Crippen molar-refractivity contribution in [1.82, 2.24) is 15.5 Å². The summed E-state index contributed by atoms with van der Waals surface area (Å²) in [4.78, 5) is 38.5. The van der Waals surface area contributed by atoms with Crippen LogP contribution < -0.4 is 16.4 Å². The van der Waals surface area contributed by atoms with Crippen molar-refractivity contribution in [2.24, 2.45) is 11.7 Å². The molecule has 8 heteroatoms. The maximum Gasteiger partial charge on any atom is 0.251 e. The summed E-state index contributed by atoms with van der Waals surface area (Å²) < 4.78 is 0. The number of carbonyl (C=O) groups excluding carboxylic acids is 3.